The topological polar surface area (TPSA) is 29.1 Å². The van der Waals surface area contributed by atoms with Crippen LogP contribution in [0.1, 0.15) is 0 Å². The van der Waals surface area contributed by atoms with Gasteiger partial charge in [-0.25, -0.2) is 0 Å². The maximum Gasteiger partial charge on any atom is 0.282 e. The average Bonchev–Trinajstić information content (AvgIpc) is 2.31. The summed E-state index contributed by atoms with van der Waals surface area (Å²) in [6.07, 6.45) is 9.78. The number of rotatable bonds is 2. The third-order valence-corrected chi connectivity index (χ3v) is 2.01. The number of carbonyl (C=O) groups is 1. The second-order valence-electron chi connectivity index (χ2n) is 3.11. The first-order valence-corrected chi connectivity index (χ1v) is 4.69. The lowest BCUT2D eigenvalue weighted by molar-refractivity contribution is -0.112. The lowest BCUT2D eigenvalue weighted by atomic mass is 10.1. The van der Waals surface area contributed by atoms with Crippen LogP contribution >= 0.6 is 0 Å². The zero-order valence-electron chi connectivity index (χ0n) is 8.10. The smallest absolute Gasteiger partial charge is 0.282 e. The standard InChI is InChI=1S/C13H9NO/c15-13(11-7-3-1-4-8-11)14-12-9-5-2-6-10-12/h2-10H/p+1. The van der Waals surface area contributed by atoms with E-state index in [0.29, 0.717) is 5.57 Å². The summed E-state index contributed by atoms with van der Waals surface area (Å²) in [7, 11) is 0. The summed E-state index contributed by atoms with van der Waals surface area (Å²) in [5.41, 5.74) is 1.44. The van der Waals surface area contributed by atoms with E-state index in [-0.39, 0.29) is 5.91 Å². The number of amides is 1. The summed E-state index contributed by atoms with van der Waals surface area (Å²) in [6, 6.07) is 9.38. The molecule has 0 bridgehead atoms. The van der Waals surface area contributed by atoms with Crippen LogP contribution in [0.15, 0.2) is 60.2 Å². The summed E-state index contributed by atoms with van der Waals surface area (Å²) in [6.45, 7) is 0. The third-order valence-electron chi connectivity index (χ3n) is 2.01. The fraction of sp³-hybridized carbons (Fsp3) is 0. The molecule has 0 aromatic heterocycles. The predicted molar refractivity (Wildman–Crippen MR) is 60.1 cm³/mol. The van der Waals surface area contributed by atoms with E-state index < -0.39 is 0 Å². The number of benzene rings is 1. The van der Waals surface area contributed by atoms with E-state index in [4.69, 9.17) is 0 Å². The predicted octanol–water partition coefficient (Wildman–Crippen LogP) is 2.48. The molecule has 1 aromatic carbocycles. The van der Waals surface area contributed by atoms with Crippen LogP contribution in [-0.2, 0) is 4.79 Å². The van der Waals surface area contributed by atoms with Crippen molar-refractivity contribution in [2.24, 2.45) is 0 Å². The van der Waals surface area contributed by atoms with Crippen LogP contribution < -0.4 is 5.32 Å². The second-order valence-corrected chi connectivity index (χ2v) is 3.11. The van der Waals surface area contributed by atoms with Gasteiger partial charge in [0.05, 0.1) is 12.2 Å². The van der Waals surface area contributed by atoms with Crippen LogP contribution in [0.2, 0.25) is 0 Å². The Morgan fingerprint density at radius 2 is 2.00 bits per heavy atom. The SMILES string of the molecule is O=C(Nc1ccccc1)C1=CC=[C+]C=C1. The molecule has 15 heavy (non-hydrogen) atoms. The van der Waals surface area contributed by atoms with E-state index in [0.717, 1.165) is 5.69 Å². The minimum absolute atomic E-state index is 0.102. The molecule has 0 unspecified atom stereocenters. The van der Waals surface area contributed by atoms with Crippen molar-refractivity contribution in [2.45, 2.75) is 0 Å². The highest BCUT2D eigenvalue weighted by molar-refractivity contribution is 6.06. The van der Waals surface area contributed by atoms with Crippen LogP contribution in [0.4, 0.5) is 5.69 Å². The normalized spacial score (nSPS) is 12.9. The third kappa shape index (κ3) is 2.39. The van der Waals surface area contributed by atoms with Gasteiger partial charge >= 0.3 is 0 Å². The van der Waals surface area contributed by atoms with Gasteiger partial charge in [-0.15, -0.1) is 0 Å². The molecule has 2 rings (SSSR count). The van der Waals surface area contributed by atoms with Gasteiger partial charge in [-0.1, -0.05) is 18.2 Å². The number of anilines is 1. The Balaban J connectivity index is 2.08. The highest BCUT2D eigenvalue weighted by atomic mass is 16.1. The van der Waals surface area contributed by atoms with Gasteiger partial charge in [-0.2, -0.15) is 0 Å². The molecule has 1 aromatic rings. The molecule has 1 aliphatic carbocycles. The summed E-state index contributed by atoms with van der Waals surface area (Å²) in [5, 5.41) is 2.81. The first kappa shape index (κ1) is 9.38. The molecular weight excluding hydrogens is 186 g/mol. The number of allylic oxidation sites excluding steroid dienone is 4. The van der Waals surface area contributed by atoms with Crippen molar-refractivity contribution in [1.82, 2.24) is 0 Å². The molecule has 0 saturated carbocycles. The zero-order valence-corrected chi connectivity index (χ0v) is 8.10. The van der Waals surface area contributed by atoms with E-state index in [1.807, 2.05) is 30.3 Å². The van der Waals surface area contributed by atoms with Crippen molar-refractivity contribution in [3.05, 3.63) is 66.3 Å². The van der Waals surface area contributed by atoms with E-state index in [9.17, 15) is 4.79 Å². The van der Waals surface area contributed by atoms with Gasteiger partial charge in [0, 0.05) is 11.8 Å². The Labute approximate surface area is 88.6 Å². The number of nitrogens with one attached hydrogen (secondary N) is 1. The molecular formula is C13H10NO+. The van der Waals surface area contributed by atoms with Crippen LogP contribution in [0.3, 0.4) is 0 Å². The highest BCUT2D eigenvalue weighted by Gasteiger charge is 2.12. The van der Waals surface area contributed by atoms with Crippen molar-refractivity contribution in [3.63, 3.8) is 0 Å². The molecule has 0 aliphatic heterocycles. The Morgan fingerprint density at radius 1 is 1.20 bits per heavy atom. The van der Waals surface area contributed by atoms with Crippen molar-refractivity contribution in [2.75, 3.05) is 5.32 Å². The molecule has 0 saturated heterocycles. The van der Waals surface area contributed by atoms with E-state index >= 15 is 0 Å². The van der Waals surface area contributed by atoms with Gasteiger partial charge in [-0.3, -0.25) is 4.79 Å². The first-order chi connectivity index (χ1) is 7.36. The maximum absolute atomic E-state index is 11.7. The van der Waals surface area contributed by atoms with Gasteiger partial charge in [0.25, 0.3) is 5.91 Å². The van der Waals surface area contributed by atoms with Crippen LogP contribution in [0.25, 0.3) is 0 Å². The first-order valence-electron chi connectivity index (χ1n) is 4.69. The summed E-state index contributed by atoms with van der Waals surface area (Å²) < 4.78 is 0. The molecule has 1 aliphatic rings. The van der Waals surface area contributed by atoms with Crippen LogP contribution in [0.5, 0.6) is 0 Å². The molecule has 0 atom stereocenters. The molecule has 0 spiro atoms. The van der Waals surface area contributed by atoms with Crippen molar-refractivity contribution in [3.8, 4) is 0 Å². The Bertz CT molecular complexity index is 441. The zero-order chi connectivity index (χ0) is 10.5. The number of para-hydroxylation sites is 1. The van der Waals surface area contributed by atoms with Crippen molar-refractivity contribution in [1.29, 1.82) is 0 Å². The van der Waals surface area contributed by atoms with Gasteiger partial charge in [0.2, 0.25) is 0 Å². The van der Waals surface area contributed by atoms with Gasteiger partial charge < -0.3 is 5.32 Å². The maximum atomic E-state index is 11.7. The fourth-order valence-corrected chi connectivity index (χ4v) is 1.26. The van der Waals surface area contributed by atoms with E-state index in [2.05, 4.69) is 11.4 Å². The molecule has 1 amide bonds. The molecule has 0 heterocycles. The van der Waals surface area contributed by atoms with Crippen LogP contribution in [-0.4, -0.2) is 5.91 Å². The van der Waals surface area contributed by atoms with Crippen molar-refractivity contribution >= 4 is 11.6 Å². The van der Waals surface area contributed by atoms with Gasteiger partial charge in [0.1, 0.15) is 12.2 Å². The Hall–Kier alpha value is -2.18. The number of hydrogen-bond donors (Lipinski definition) is 1. The summed E-state index contributed by atoms with van der Waals surface area (Å²) >= 11 is 0. The molecule has 0 radical (unpaired) electrons. The summed E-state index contributed by atoms with van der Waals surface area (Å²) in [4.78, 5) is 11.7. The van der Waals surface area contributed by atoms with Crippen molar-refractivity contribution < 1.29 is 4.79 Å². The lowest BCUT2D eigenvalue weighted by Gasteiger charge is -2.02. The number of hydrogen-bond acceptors (Lipinski definition) is 1. The van der Waals surface area contributed by atoms with Crippen LogP contribution in [0, 0.1) is 6.08 Å². The Kier molecular flexibility index (Phi) is 2.72. The molecule has 0 fully saturated rings. The minimum Gasteiger partial charge on any atom is -0.320 e. The number of carbonyl (C=O) groups excluding carboxylic acids is 1. The van der Waals surface area contributed by atoms with Gasteiger partial charge in [-0.05, 0) is 12.1 Å². The summed E-state index contributed by atoms with van der Waals surface area (Å²) in [5.74, 6) is -0.102. The largest absolute Gasteiger partial charge is 0.320 e. The van der Waals surface area contributed by atoms with E-state index in [1.54, 1.807) is 24.3 Å². The highest BCUT2D eigenvalue weighted by Crippen LogP contribution is 2.09. The van der Waals surface area contributed by atoms with Gasteiger partial charge in [0.15, 0.2) is 5.57 Å². The second kappa shape index (κ2) is 4.36. The van der Waals surface area contributed by atoms with E-state index in [1.165, 1.54) is 0 Å². The monoisotopic (exact) mass is 196 g/mol. The minimum atomic E-state index is -0.102. The fourth-order valence-electron chi connectivity index (χ4n) is 1.26. The lowest BCUT2D eigenvalue weighted by Crippen LogP contribution is -2.13. The molecule has 2 nitrogen and oxygen atoms in total. The molecule has 1 N–H and O–H groups in total. The molecule has 72 valence electrons. The molecule has 2 heteroatoms. The average molecular weight is 196 g/mol. The quantitative estimate of drug-likeness (QED) is 0.723. The Morgan fingerprint density at radius 3 is 2.67 bits per heavy atom.